The summed E-state index contributed by atoms with van der Waals surface area (Å²) in [7, 11) is 0. The van der Waals surface area contributed by atoms with Crippen LogP contribution in [0.15, 0.2) is 34.1 Å². The van der Waals surface area contributed by atoms with Gasteiger partial charge in [0.05, 0.1) is 10.7 Å². The first-order valence-electron chi connectivity index (χ1n) is 10.9. The standard InChI is InChI=1S/C23H28N4O2S/c1-16-24-19(15-30-16)14-26-10-6-18(7-11-26)23(28)27-12-8-17(9-13-27)22-25-20-4-2-3-5-21(20)29-22/h2-5,15,17-18H,6-14H2,1H3. The van der Waals surface area contributed by atoms with Crippen LogP contribution in [0.3, 0.4) is 0 Å². The van der Waals surface area contributed by atoms with Gasteiger partial charge in [-0.15, -0.1) is 11.3 Å². The number of amides is 1. The third-order valence-electron chi connectivity index (χ3n) is 6.46. The molecule has 7 heteroatoms. The van der Waals surface area contributed by atoms with Crippen LogP contribution >= 0.6 is 11.3 Å². The van der Waals surface area contributed by atoms with Gasteiger partial charge < -0.3 is 9.32 Å². The van der Waals surface area contributed by atoms with Crippen molar-refractivity contribution < 1.29 is 9.21 Å². The number of likely N-dealkylation sites (tertiary alicyclic amines) is 2. The third-order valence-corrected chi connectivity index (χ3v) is 7.28. The normalized spacial score (nSPS) is 19.6. The highest BCUT2D eigenvalue weighted by Crippen LogP contribution is 2.31. The Bertz CT molecular complexity index is 980. The second-order valence-electron chi connectivity index (χ2n) is 8.53. The Balaban J connectivity index is 1.12. The maximum absolute atomic E-state index is 13.1. The number of hydrogen-bond donors (Lipinski definition) is 0. The quantitative estimate of drug-likeness (QED) is 0.628. The van der Waals surface area contributed by atoms with E-state index in [-0.39, 0.29) is 5.92 Å². The number of carbonyl (C=O) groups excluding carboxylic acids is 1. The molecule has 2 aliphatic heterocycles. The molecule has 0 spiro atoms. The summed E-state index contributed by atoms with van der Waals surface area (Å²) in [5.41, 5.74) is 2.93. The van der Waals surface area contributed by atoms with Gasteiger partial charge in [-0.3, -0.25) is 9.69 Å². The van der Waals surface area contributed by atoms with E-state index < -0.39 is 0 Å². The zero-order valence-corrected chi connectivity index (χ0v) is 18.2. The molecule has 0 bridgehead atoms. The molecule has 4 heterocycles. The number of hydrogen-bond acceptors (Lipinski definition) is 6. The van der Waals surface area contributed by atoms with Gasteiger partial charge in [-0.05, 0) is 57.8 Å². The molecule has 2 aromatic heterocycles. The van der Waals surface area contributed by atoms with Crippen molar-refractivity contribution in [3.05, 3.63) is 46.2 Å². The van der Waals surface area contributed by atoms with Crippen LogP contribution in [0.25, 0.3) is 11.1 Å². The number of para-hydroxylation sites is 2. The van der Waals surface area contributed by atoms with Crippen molar-refractivity contribution >= 4 is 28.3 Å². The monoisotopic (exact) mass is 424 g/mol. The number of benzene rings is 1. The molecule has 2 fully saturated rings. The first kappa shape index (κ1) is 19.7. The fourth-order valence-electron chi connectivity index (χ4n) is 4.72. The van der Waals surface area contributed by atoms with Gasteiger partial charge in [-0.1, -0.05) is 12.1 Å². The minimum atomic E-state index is 0.166. The van der Waals surface area contributed by atoms with Crippen LogP contribution in [0.4, 0.5) is 0 Å². The molecule has 6 nitrogen and oxygen atoms in total. The van der Waals surface area contributed by atoms with Crippen molar-refractivity contribution in [1.29, 1.82) is 0 Å². The molecule has 0 atom stereocenters. The van der Waals surface area contributed by atoms with Crippen LogP contribution < -0.4 is 0 Å². The lowest BCUT2D eigenvalue weighted by molar-refractivity contribution is -0.138. The van der Waals surface area contributed by atoms with E-state index in [0.29, 0.717) is 11.8 Å². The van der Waals surface area contributed by atoms with Crippen LogP contribution in [0.5, 0.6) is 0 Å². The minimum absolute atomic E-state index is 0.166. The molecule has 158 valence electrons. The van der Waals surface area contributed by atoms with E-state index in [2.05, 4.69) is 25.1 Å². The minimum Gasteiger partial charge on any atom is -0.440 e. The first-order valence-corrected chi connectivity index (χ1v) is 11.8. The molecule has 3 aromatic rings. The van der Waals surface area contributed by atoms with E-state index in [0.717, 1.165) is 86.1 Å². The van der Waals surface area contributed by atoms with Crippen LogP contribution in [-0.4, -0.2) is 51.9 Å². The van der Waals surface area contributed by atoms with Crippen molar-refractivity contribution in [3.63, 3.8) is 0 Å². The SMILES string of the molecule is Cc1nc(CN2CCC(C(=O)N3CCC(c4nc5ccccc5o4)CC3)CC2)cs1. The van der Waals surface area contributed by atoms with Crippen molar-refractivity contribution in [2.45, 2.75) is 45.1 Å². The zero-order chi connectivity index (χ0) is 20.5. The number of piperidine rings is 2. The molecule has 0 N–H and O–H groups in total. The number of fused-ring (bicyclic) bond motifs is 1. The first-order chi connectivity index (χ1) is 14.7. The Kier molecular flexibility index (Phi) is 5.56. The lowest BCUT2D eigenvalue weighted by atomic mass is 9.92. The summed E-state index contributed by atoms with van der Waals surface area (Å²) >= 11 is 1.71. The average Bonchev–Trinajstić information content (AvgIpc) is 3.40. The van der Waals surface area contributed by atoms with Crippen LogP contribution in [-0.2, 0) is 11.3 Å². The van der Waals surface area contributed by atoms with Gasteiger partial charge in [0, 0.05) is 36.9 Å². The summed E-state index contributed by atoms with van der Waals surface area (Å²) in [5.74, 6) is 1.65. The van der Waals surface area contributed by atoms with Gasteiger partial charge in [0.25, 0.3) is 0 Å². The third kappa shape index (κ3) is 4.14. The molecule has 2 saturated heterocycles. The maximum Gasteiger partial charge on any atom is 0.225 e. The van der Waals surface area contributed by atoms with E-state index in [4.69, 9.17) is 4.42 Å². The predicted octanol–water partition coefficient (Wildman–Crippen LogP) is 4.21. The fraction of sp³-hybridized carbons (Fsp3) is 0.522. The molecule has 0 unspecified atom stereocenters. The largest absolute Gasteiger partial charge is 0.440 e. The van der Waals surface area contributed by atoms with Gasteiger partial charge in [0.2, 0.25) is 5.91 Å². The van der Waals surface area contributed by atoms with Crippen molar-refractivity contribution in [3.8, 4) is 0 Å². The van der Waals surface area contributed by atoms with Gasteiger partial charge in [-0.2, -0.15) is 0 Å². The van der Waals surface area contributed by atoms with Crippen molar-refractivity contribution in [1.82, 2.24) is 19.8 Å². The van der Waals surface area contributed by atoms with E-state index in [9.17, 15) is 4.79 Å². The van der Waals surface area contributed by atoms with Gasteiger partial charge in [0.15, 0.2) is 11.5 Å². The molecule has 1 aromatic carbocycles. The average molecular weight is 425 g/mol. The fourth-order valence-corrected chi connectivity index (χ4v) is 5.32. The molecule has 30 heavy (non-hydrogen) atoms. The van der Waals surface area contributed by atoms with Gasteiger partial charge in [-0.25, -0.2) is 9.97 Å². The number of rotatable bonds is 4. The summed E-state index contributed by atoms with van der Waals surface area (Å²) in [4.78, 5) is 26.8. The van der Waals surface area contributed by atoms with Gasteiger partial charge in [0.1, 0.15) is 5.52 Å². The zero-order valence-electron chi connectivity index (χ0n) is 17.4. The summed E-state index contributed by atoms with van der Waals surface area (Å²) in [6.07, 6.45) is 3.77. The topological polar surface area (TPSA) is 62.5 Å². The van der Waals surface area contributed by atoms with Crippen molar-refractivity contribution in [2.24, 2.45) is 5.92 Å². The number of carbonyl (C=O) groups is 1. The van der Waals surface area contributed by atoms with E-state index >= 15 is 0 Å². The molecular formula is C23H28N4O2S. The molecular weight excluding hydrogens is 396 g/mol. The summed E-state index contributed by atoms with van der Waals surface area (Å²) in [5, 5.41) is 3.27. The highest BCUT2D eigenvalue weighted by Gasteiger charge is 2.32. The number of oxazole rings is 1. The Labute approximate surface area is 180 Å². The molecule has 0 radical (unpaired) electrons. The number of aromatic nitrogens is 2. The Hall–Kier alpha value is -2.25. The van der Waals surface area contributed by atoms with Crippen molar-refractivity contribution in [2.75, 3.05) is 26.2 Å². The number of nitrogens with zero attached hydrogens (tertiary/aromatic N) is 4. The number of thiazole rings is 1. The molecule has 1 amide bonds. The maximum atomic E-state index is 13.1. The van der Waals surface area contributed by atoms with E-state index in [1.807, 2.05) is 31.2 Å². The smallest absolute Gasteiger partial charge is 0.225 e. The highest BCUT2D eigenvalue weighted by atomic mass is 32.1. The second-order valence-corrected chi connectivity index (χ2v) is 9.59. The predicted molar refractivity (Wildman–Crippen MR) is 117 cm³/mol. The summed E-state index contributed by atoms with van der Waals surface area (Å²) in [6.45, 7) is 6.52. The van der Waals surface area contributed by atoms with Crippen LogP contribution in [0.1, 0.15) is 48.2 Å². The molecule has 0 saturated carbocycles. The van der Waals surface area contributed by atoms with E-state index in [1.54, 1.807) is 11.3 Å². The summed E-state index contributed by atoms with van der Waals surface area (Å²) < 4.78 is 5.96. The lowest BCUT2D eigenvalue weighted by Crippen LogP contribution is -2.45. The Morgan fingerprint density at radius 2 is 1.87 bits per heavy atom. The Morgan fingerprint density at radius 3 is 2.57 bits per heavy atom. The van der Waals surface area contributed by atoms with Gasteiger partial charge >= 0.3 is 0 Å². The Morgan fingerprint density at radius 1 is 1.10 bits per heavy atom. The second kappa shape index (κ2) is 8.47. The molecule has 5 rings (SSSR count). The summed E-state index contributed by atoms with van der Waals surface area (Å²) in [6, 6.07) is 7.91. The lowest BCUT2D eigenvalue weighted by Gasteiger charge is -2.36. The molecule has 0 aliphatic carbocycles. The van der Waals surface area contributed by atoms with Crippen LogP contribution in [0, 0.1) is 12.8 Å². The highest BCUT2D eigenvalue weighted by molar-refractivity contribution is 7.09. The molecule has 2 aliphatic rings. The van der Waals surface area contributed by atoms with E-state index in [1.165, 1.54) is 0 Å². The van der Waals surface area contributed by atoms with Crippen LogP contribution in [0.2, 0.25) is 0 Å². The number of aryl methyl sites for hydroxylation is 1.